The van der Waals surface area contributed by atoms with Gasteiger partial charge in [-0.05, 0) is 31.4 Å². The van der Waals surface area contributed by atoms with E-state index in [-0.39, 0.29) is 12.6 Å². The quantitative estimate of drug-likeness (QED) is 0.652. The Morgan fingerprint density at radius 3 is 2.94 bits per heavy atom. The number of ether oxygens (including phenoxy) is 2. The summed E-state index contributed by atoms with van der Waals surface area (Å²) in [6.45, 7) is 3.14. The molecule has 1 saturated carbocycles. The normalized spacial score (nSPS) is 24.2. The molecule has 0 spiro atoms. The van der Waals surface area contributed by atoms with Crippen molar-refractivity contribution in [2.24, 2.45) is 5.73 Å². The molecule has 1 aromatic carbocycles. The molecule has 2 fully saturated rings. The van der Waals surface area contributed by atoms with Crippen LogP contribution in [0.2, 0.25) is 0 Å². The highest BCUT2D eigenvalue weighted by Crippen LogP contribution is 2.40. The lowest BCUT2D eigenvalue weighted by Crippen LogP contribution is -2.57. The Bertz CT molecular complexity index is 1160. The molecule has 4 heterocycles. The lowest BCUT2D eigenvalue weighted by Gasteiger charge is -2.45. The van der Waals surface area contributed by atoms with Crippen molar-refractivity contribution in [1.29, 1.82) is 0 Å². The second-order valence-electron chi connectivity index (χ2n) is 9.39. The van der Waals surface area contributed by atoms with Gasteiger partial charge in [0, 0.05) is 31.8 Å². The van der Waals surface area contributed by atoms with Crippen molar-refractivity contribution in [2.75, 3.05) is 53.7 Å². The average molecular weight is 485 g/mol. The molecule has 3 N–H and O–H groups in total. The Labute approximate surface area is 200 Å². The molecule has 1 saturated heterocycles. The molecule has 11 heteroatoms. The number of nitrogens with two attached hydrogens (primary N) is 1. The molecule has 1 aliphatic carbocycles. The van der Waals surface area contributed by atoms with Crippen LogP contribution in [-0.4, -0.2) is 70.5 Å². The molecule has 6 rings (SSSR count). The topological polar surface area (TPSA) is 123 Å². The molecule has 10 nitrogen and oxygen atoms in total. The molecule has 0 bridgehead atoms. The minimum absolute atomic E-state index is 0.167. The monoisotopic (exact) mass is 484 g/mol. The van der Waals surface area contributed by atoms with E-state index in [0.717, 1.165) is 56.0 Å². The van der Waals surface area contributed by atoms with Crippen LogP contribution in [0, 0.1) is 0 Å². The smallest absolute Gasteiger partial charge is 0.404 e. The number of primary amides is 1. The average Bonchev–Trinajstić information content (AvgIpc) is 3.21. The number of hydrogen-bond acceptors (Lipinski definition) is 9. The third-order valence-corrected chi connectivity index (χ3v) is 8.69. The first-order valence-corrected chi connectivity index (χ1v) is 13.1. The van der Waals surface area contributed by atoms with Gasteiger partial charge in [-0.25, -0.2) is 9.78 Å². The van der Waals surface area contributed by atoms with Gasteiger partial charge in [-0.1, -0.05) is 12.1 Å². The van der Waals surface area contributed by atoms with Crippen LogP contribution < -0.4 is 25.6 Å². The van der Waals surface area contributed by atoms with Crippen molar-refractivity contribution in [3.63, 3.8) is 0 Å². The number of carbonyl (C=O) groups excluding carboxylic acids is 1. The highest BCUT2D eigenvalue weighted by molar-refractivity contribution is 7.85. The zero-order valence-electron chi connectivity index (χ0n) is 18.9. The number of aryl methyl sites for hydroxylation is 1. The van der Waals surface area contributed by atoms with Crippen LogP contribution in [0.1, 0.15) is 25.0 Å². The first-order chi connectivity index (χ1) is 16.5. The van der Waals surface area contributed by atoms with E-state index in [1.54, 1.807) is 0 Å². The summed E-state index contributed by atoms with van der Waals surface area (Å²) in [5.41, 5.74) is 6.74. The molecule has 34 heavy (non-hydrogen) atoms. The Hall–Kier alpha value is -3.08. The molecule has 1 aromatic heterocycles. The number of para-hydroxylation sites is 2. The Kier molecular flexibility index (Phi) is 5.23. The Morgan fingerprint density at radius 2 is 2.15 bits per heavy atom. The fraction of sp³-hybridized carbons (Fsp3) is 0.522. The first-order valence-electron chi connectivity index (χ1n) is 11.7. The zero-order chi connectivity index (χ0) is 23.3. The summed E-state index contributed by atoms with van der Waals surface area (Å²) in [7, 11) is -1.15. The van der Waals surface area contributed by atoms with Crippen LogP contribution in [-0.2, 0) is 22.0 Å². The molecule has 0 radical (unpaired) electrons. The van der Waals surface area contributed by atoms with Gasteiger partial charge in [-0.15, -0.1) is 0 Å². The highest BCUT2D eigenvalue weighted by atomic mass is 32.2. The summed E-state index contributed by atoms with van der Waals surface area (Å²) >= 11 is 0. The number of rotatable bonds is 5. The summed E-state index contributed by atoms with van der Waals surface area (Å²) in [6, 6.07) is 8.35. The molecule has 4 aliphatic rings. The predicted molar refractivity (Wildman–Crippen MR) is 128 cm³/mol. The van der Waals surface area contributed by atoms with Gasteiger partial charge in [-0.3, -0.25) is 4.21 Å². The number of hydrogen-bond donors (Lipinski definition) is 2. The number of nitrogens with zero attached hydrogens (tertiary/aromatic N) is 4. The number of anilines is 3. The van der Waals surface area contributed by atoms with Crippen molar-refractivity contribution < 1.29 is 18.5 Å². The van der Waals surface area contributed by atoms with Gasteiger partial charge in [0.1, 0.15) is 29.7 Å². The van der Waals surface area contributed by atoms with Crippen LogP contribution in [0.4, 0.5) is 22.2 Å². The van der Waals surface area contributed by atoms with E-state index < -0.39 is 22.4 Å². The summed E-state index contributed by atoms with van der Waals surface area (Å²) in [6.07, 6.45) is 2.55. The van der Waals surface area contributed by atoms with Gasteiger partial charge < -0.3 is 30.3 Å². The third-order valence-electron chi connectivity index (χ3n) is 7.23. The highest BCUT2D eigenvalue weighted by Gasteiger charge is 2.41. The number of benzene rings is 1. The van der Waals surface area contributed by atoms with Gasteiger partial charge in [0.25, 0.3) is 0 Å². The molecule has 2 aromatic rings. The number of fused-ring (bicyclic) bond motifs is 4. The van der Waals surface area contributed by atoms with Crippen molar-refractivity contribution in [2.45, 2.75) is 42.2 Å². The third kappa shape index (κ3) is 3.71. The second-order valence-corrected chi connectivity index (χ2v) is 10.9. The fourth-order valence-electron chi connectivity index (χ4n) is 5.28. The lowest BCUT2D eigenvalue weighted by atomic mass is 9.77. The van der Waals surface area contributed by atoms with E-state index in [0.29, 0.717) is 35.4 Å². The Balaban J connectivity index is 1.27. The van der Waals surface area contributed by atoms with E-state index in [1.807, 2.05) is 18.2 Å². The summed E-state index contributed by atoms with van der Waals surface area (Å²) in [5.74, 6) is 2.72. The molecule has 2 atom stereocenters. The van der Waals surface area contributed by atoms with Crippen LogP contribution in [0.25, 0.3) is 0 Å². The molecule has 0 unspecified atom stereocenters. The zero-order valence-corrected chi connectivity index (χ0v) is 19.7. The molecule has 1 amide bonds. The van der Waals surface area contributed by atoms with Gasteiger partial charge in [0.2, 0.25) is 5.95 Å². The standard InChI is InChI=1S/C23H28N6O4S/c24-21(30)33-14-23(7-3-8-23)27-20-19-16(6-11-34(19)31)25-22(26-20)28-9-10-29-15(12-28)13-32-18-5-2-1-4-17(18)29/h1-2,4-5,15H,3,6-14H2,(H2,24,30)(H,25,26,27)/t15-,34-/m1/s1. The lowest BCUT2D eigenvalue weighted by molar-refractivity contribution is 0.101. The molecular formula is C23H28N6O4S. The van der Waals surface area contributed by atoms with Gasteiger partial charge >= 0.3 is 6.09 Å². The number of carbonyl (C=O) groups is 1. The van der Waals surface area contributed by atoms with E-state index in [4.69, 9.17) is 25.2 Å². The largest absolute Gasteiger partial charge is 0.489 e. The first kappa shape index (κ1) is 21.5. The molecule has 3 aliphatic heterocycles. The SMILES string of the molecule is NC(=O)OCC1(Nc2nc(N3CCN4c5ccccc5OC[C@H]4C3)nc3c2[S@](=O)CC3)CCC1. The molecule has 180 valence electrons. The van der Waals surface area contributed by atoms with Crippen molar-refractivity contribution >= 4 is 34.3 Å². The summed E-state index contributed by atoms with van der Waals surface area (Å²) in [5, 5.41) is 3.49. The van der Waals surface area contributed by atoms with Gasteiger partial charge in [0.05, 0.1) is 33.8 Å². The Morgan fingerprint density at radius 1 is 1.29 bits per heavy atom. The summed E-state index contributed by atoms with van der Waals surface area (Å²) in [4.78, 5) is 26.2. The van der Waals surface area contributed by atoms with Crippen LogP contribution in [0.3, 0.4) is 0 Å². The van der Waals surface area contributed by atoms with Crippen molar-refractivity contribution in [3.8, 4) is 5.75 Å². The van der Waals surface area contributed by atoms with Crippen molar-refractivity contribution in [3.05, 3.63) is 30.0 Å². The van der Waals surface area contributed by atoms with E-state index in [9.17, 15) is 9.00 Å². The second kappa shape index (κ2) is 8.30. The van der Waals surface area contributed by atoms with Gasteiger partial charge in [-0.2, -0.15) is 4.98 Å². The number of piperazine rings is 1. The van der Waals surface area contributed by atoms with E-state index in [2.05, 4.69) is 21.2 Å². The minimum Gasteiger partial charge on any atom is -0.489 e. The van der Waals surface area contributed by atoms with Crippen LogP contribution in [0.5, 0.6) is 5.75 Å². The maximum absolute atomic E-state index is 12.8. The van der Waals surface area contributed by atoms with Crippen LogP contribution in [0.15, 0.2) is 29.2 Å². The molecular weight excluding hydrogens is 456 g/mol. The number of nitrogens with one attached hydrogen (secondary N) is 1. The number of amides is 1. The maximum atomic E-state index is 12.8. The predicted octanol–water partition coefficient (Wildman–Crippen LogP) is 1.66. The number of aromatic nitrogens is 2. The fourth-order valence-corrected chi connectivity index (χ4v) is 6.58. The van der Waals surface area contributed by atoms with Crippen LogP contribution >= 0.6 is 0 Å². The van der Waals surface area contributed by atoms with E-state index >= 15 is 0 Å². The van der Waals surface area contributed by atoms with Gasteiger partial charge in [0.15, 0.2) is 0 Å². The van der Waals surface area contributed by atoms with E-state index in [1.165, 1.54) is 0 Å². The minimum atomic E-state index is -1.15. The maximum Gasteiger partial charge on any atom is 0.404 e. The van der Waals surface area contributed by atoms with Crippen molar-refractivity contribution in [1.82, 2.24) is 9.97 Å². The summed E-state index contributed by atoms with van der Waals surface area (Å²) < 4.78 is 23.9.